The average Bonchev–Trinajstić information content (AvgIpc) is 2.27. The molecule has 0 N–H and O–H groups in total. The SMILES string of the molecule is CC(C)CCN1CCCC(F)CC1. The molecular formula is C11H22FN. The van der Waals surface area contributed by atoms with E-state index in [1.54, 1.807) is 0 Å². The molecule has 78 valence electrons. The van der Waals surface area contributed by atoms with Gasteiger partial charge < -0.3 is 4.90 Å². The van der Waals surface area contributed by atoms with Crippen LogP contribution in [0, 0.1) is 5.92 Å². The number of halogens is 1. The molecule has 0 spiro atoms. The Hall–Kier alpha value is -0.110. The van der Waals surface area contributed by atoms with Crippen molar-refractivity contribution < 1.29 is 4.39 Å². The molecule has 0 radical (unpaired) electrons. The summed E-state index contributed by atoms with van der Waals surface area (Å²) in [7, 11) is 0. The van der Waals surface area contributed by atoms with Crippen LogP contribution in [0.5, 0.6) is 0 Å². The van der Waals surface area contributed by atoms with E-state index >= 15 is 0 Å². The summed E-state index contributed by atoms with van der Waals surface area (Å²) < 4.78 is 13.0. The molecule has 1 atom stereocenters. The highest BCUT2D eigenvalue weighted by Gasteiger charge is 2.15. The molecule has 0 aromatic carbocycles. The second-order valence-electron chi connectivity index (χ2n) is 4.55. The van der Waals surface area contributed by atoms with E-state index in [2.05, 4.69) is 18.7 Å². The lowest BCUT2D eigenvalue weighted by Crippen LogP contribution is -2.26. The Morgan fingerprint density at radius 2 is 2.08 bits per heavy atom. The van der Waals surface area contributed by atoms with Crippen molar-refractivity contribution in [3.8, 4) is 0 Å². The van der Waals surface area contributed by atoms with Crippen LogP contribution in [0.3, 0.4) is 0 Å². The van der Waals surface area contributed by atoms with Crippen molar-refractivity contribution in [3.05, 3.63) is 0 Å². The highest BCUT2D eigenvalue weighted by molar-refractivity contribution is 4.69. The first-order chi connectivity index (χ1) is 6.18. The largest absolute Gasteiger partial charge is 0.303 e. The van der Waals surface area contributed by atoms with E-state index in [9.17, 15) is 4.39 Å². The third-order valence-corrected chi connectivity index (χ3v) is 2.77. The Morgan fingerprint density at radius 3 is 2.77 bits per heavy atom. The Bertz CT molecular complexity index is 136. The van der Waals surface area contributed by atoms with Gasteiger partial charge in [-0.2, -0.15) is 0 Å². The van der Waals surface area contributed by atoms with Crippen molar-refractivity contribution in [1.82, 2.24) is 4.90 Å². The van der Waals surface area contributed by atoms with Crippen LogP contribution in [-0.4, -0.2) is 30.7 Å². The van der Waals surface area contributed by atoms with E-state index in [1.165, 1.54) is 6.42 Å². The van der Waals surface area contributed by atoms with Gasteiger partial charge >= 0.3 is 0 Å². The van der Waals surface area contributed by atoms with Crippen molar-refractivity contribution in [2.75, 3.05) is 19.6 Å². The molecule has 1 heterocycles. The van der Waals surface area contributed by atoms with E-state index in [4.69, 9.17) is 0 Å². The monoisotopic (exact) mass is 187 g/mol. The molecule has 1 unspecified atom stereocenters. The van der Waals surface area contributed by atoms with Gasteiger partial charge in [0.1, 0.15) is 6.17 Å². The topological polar surface area (TPSA) is 3.24 Å². The highest BCUT2D eigenvalue weighted by atomic mass is 19.1. The maximum atomic E-state index is 13.0. The van der Waals surface area contributed by atoms with Gasteiger partial charge in [-0.1, -0.05) is 13.8 Å². The van der Waals surface area contributed by atoms with E-state index in [0.717, 1.165) is 44.8 Å². The summed E-state index contributed by atoms with van der Waals surface area (Å²) in [5.74, 6) is 0.768. The summed E-state index contributed by atoms with van der Waals surface area (Å²) >= 11 is 0. The van der Waals surface area contributed by atoms with Gasteiger partial charge in [0.05, 0.1) is 0 Å². The summed E-state index contributed by atoms with van der Waals surface area (Å²) in [4.78, 5) is 2.42. The second kappa shape index (κ2) is 5.58. The summed E-state index contributed by atoms with van der Waals surface area (Å²) in [6.45, 7) is 7.72. The molecule has 1 aliphatic heterocycles. The van der Waals surface area contributed by atoms with Crippen molar-refractivity contribution in [1.29, 1.82) is 0 Å². The van der Waals surface area contributed by atoms with Crippen molar-refractivity contribution in [2.24, 2.45) is 5.92 Å². The minimum Gasteiger partial charge on any atom is -0.303 e. The van der Waals surface area contributed by atoms with Gasteiger partial charge in [-0.15, -0.1) is 0 Å². The lowest BCUT2D eigenvalue weighted by atomic mass is 10.1. The van der Waals surface area contributed by atoms with Crippen molar-refractivity contribution in [3.63, 3.8) is 0 Å². The molecule has 1 nitrogen and oxygen atoms in total. The van der Waals surface area contributed by atoms with Crippen molar-refractivity contribution in [2.45, 2.75) is 45.7 Å². The van der Waals surface area contributed by atoms with Gasteiger partial charge in [0.25, 0.3) is 0 Å². The standard InChI is InChI=1S/C11H22FN/c1-10(2)5-8-13-7-3-4-11(12)6-9-13/h10-11H,3-9H2,1-2H3. The van der Waals surface area contributed by atoms with Crippen LogP contribution in [0.1, 0.15) is 39.5 Å². The zero-order valence-corrected chi connectivity index (χ0v) is 8.93. The molecular weight excluding hydrogens is 165 g/mol. The van der Waals surface area contributed by atoms with Crippen LogP contribution in [0.25, 0.3) is 0 Å². The summed E-state index contributed by atoms with van der Waals surface area (Å²) in [6, 6.07) is 0. The van der Waals surface area contributed by atoms with Gasteiger partial charge in [0, 0.05) is 6.54 Å². The zero-order chi connectivity index (χ0) is 9.68. The second-order valence-corrected chi connectivity index (χ2v) is 4.55. The highest BCUT2D eigenvalue weighted by Crippen LogP contribution is 2.14. The minimum absolute atomic E-state index is 0.538. The normalized spacial score (nSPS) is 26.3. The molecule has 1 fully saturated rings. The third kappa shape index (κ3) is 4.61. The molecule has 13 heavy (non-hydrogen) atoms. The van der Waals surface area contributed by atoms with Gasteiger partial charge in [-0.05, 0) is 44.7 Å². The maximum Gasteiger partial charge on any atom is 0.101 e. The number of likely N-dealkylation sites (tertiary alicyclic amines) is 1. The van der Waals surface area contributed by atoms with E-state index in [1.807, 2.05) is 0 Å². The molecule has 2 heteroatoms. The van der Waals surface area contributed by atoms with Gasteiger partial charge in [0.2, 0.25) is 0 Å². The lowest BCUT2D eigenvalue weighted by Gasteiger charge is -2.20. The van der Waals surface area contributed by atoms with Crippen LogP contribution in [0.15, 0.2) is 0 Å². The Balaban J connectivity index is 2.18. The number of nitrogens with zero attached hydrogens (tertiary/aromatic N) is 1. The first-order valence-corrected chi connectivity index (χ1v) is 5.55. The van der Waals surface area contributed by atoms with E-state index in [-0.39, 0.29) is 0 Å². The fourth-order valence-corrected chi connectivity index (χ4v) is 1.78. The average molecular weight is 187 g/mol. The lowest BCUT2D eigenvalue weighted by molar-refractivity contribution is 0.252. The van der Waals surface area contributed by atoms with Gasteiger partial charge in [0.15, 0.2) is 0 Å². The van der Waals surface area contributed by atoms with Crippen LogP contribution >= 0.6 is 0 Å². The van der Waals surface area contributed by atoms with Gasteiger partial charge in [-0.3, -0.25) is 0 Å². The van der Waals surface area contributed by atoms with Crippen LogP contribution in [0.4, 0.5) is 4.39 Å². The molecule has 0 amide bonds. The molecule has 0 aromatic rings. The Labute approximate surface area is 81.3 Å². The summed E-state index contributed by atoms with van der Waals surface area (Å²) in [5, 5.41) is 0. The Morgan fingerprint density at radius 1 is 1.31 bits per heavy atom. The number of rotatable bonds is 3. The fourth-order valence-electron chi connectivity index (χ4n) is 1.78. The number of hydrogen-bond donors (Lipinski definition) is 0. The number of hydrogen-bond acceptors (Lipinski definition) is 1. The quantitative estimate of drug-likeness (QED) is 0.656. The molecule has 1 aliphatic rings. The zero-order valence-electron chi connectivity index (χ0n) is 8.93. The van der Waals surface area contributed by atoms with Gasteiger partial charge in [-0.25, -0.2) is 4.39 Å². The molecule has 0 bridgehead atoms. The molecule has 1 rings (SSSR count). The third-order valence-electron chi connectivity index (χ3n) is 2.77. The predicted molar refractivity (Wildman–Crippen MR) is 54.6 cm³/mol. The smallest absolute Gasteiger partial charge is 0.101 e. The minimum atomic E-state index is -0.538. The molecule has 0 aliphatic carbocycles. The van der Waals surface area contributed by atoms with Crippen molar-refractivity contribution >= 4 is 0 Å². The predicted octanol–water partition coefficient (Wildman–Crippen LogP) is 2.86. The first-order valence-electron chi connectivity index (χ1n) is 5.55. The Kier molecular flexibility index (Phi) is 4.71. The van der Waals surface area contributed by atoms with Crippen LogP contribution < -0.4 is 0 Å². The molecule has 0 aromatic heterocycles. The summed E-state index contributed by atoms with van der Waals surface area (Å²) in [6.07, 6.45) is 3.27. The first kappa shape index (κ1) is 11.0. The fraction of sp³-hybridized carbons (Fsp3) is 1.00. The van der Waals surface area contributed by atoms with E-state index in [0.29, 0.717) is 0 Å². The summed E-state index contributed by atoms with van der Waals surface area (Å²) in [5.41, 5.74) is 0. The number of alkyl halides is 1. The maximum absolute atomic E-state index is 13.0. The van der Waals surface area contributed by atoms with Crippen LogP contribution in [0.2, 0.25) is 0 Å². The van der Waals surface area contributed by atoms with Crippen LogP contribution in [-0.2, 0) is 0 Å². The van der Waals surface area contributed by atoms with E-state index < -0.39 is 6.17 Å². The molecule has 1 saturated heterocycles. The molecule has 0 saturated carbocycles.